The van der Waals surface area contributed by atoms with Crippen LogP contribution in [-0.2, 0) is 0 Å². The van der Waals surface area contributed by atoms with Crippen LogP contribution in [0.15, 0.2) is 24.3 Å². The first-order chi connectivity index (χ1) is 7.27. The molecule has 1 saturated carbocycles. The molecule has 0 bridgehead atoms. The van der Waals surface area contributed by atoms with Gasteiger partial charge >= 0.3 is 0 Å². The second kappa shape index (κ2) is 4.11. The number of aryl methyl sites for hydroxylation is 1. The lowest BCUT2D eigenvalue weighted by Gasteiger charge is -2.10. The number of hydrogen-bond donors (Lipinski definition) is 2. The number of aromatic nitrogens is 1. The number of fused-ring (bicyclic) bond motifs is 1. The zero-order chi connectivity index (χ0) is 10.4. The molecular weight excluding hydrogens is 220 g/mol. The van der Waals surface area contributed by atoms with E-state index in [-0.39, 0.29) is 18.4 Å². The first-order valence-corrected chi connectivity index (χ1v) is 5.60. The average molecular weight is 237 g/mol. The van der Waals surface area contributed by atoms with Crippen molar-refractivity contribution in [1.29, 1.82) is 0 Å². The van der Waals surface area contributed by atoms with E-state index in [1.165, 1.54) is 35.0 Å². The molecule has 86 valence electrons. The van der Waals surface area contributed by atoms with E-state index < -0.39 is 0 Å². The van der Waals surface area contributed by atoms with Gasteiger partial charge in [-0.2, -0.15) is 0 Å². The van der Waals surface area contributed by atoms with Gasteiger partial charge in [-0.15, -0.1) is 12.4 Å². The summed E-state index contributed by atoms with van der Waals surface area (Å²) >= 11 is 0. The Balaban J connectivity index is 0.000000963. The van der Waals surface area contributed by atoms with Crippen LogP contribution in [0.5, 0.6) is 0 Å². The summed E-state index contributed by atoms with van der Waals surface area (Å²) in [5.41, 5.74) is 10.1. The van der Waals surface area contributed by atoms with E-state index in [0.29, 0.717) is 5.92 Å². The Morgan fingerprint density at radius 2 is 2.00 bits per heavy atom. The largest absolute Gasteiger partial charge is 0.358 e. The minimum Gasteiger partial charge on any atom is -0.358 e. The number of rotatable bonds is 2. The summed E-state index contributed by atoms with van der Waals surface area (Å²) < 4.78 is 0. The topological polar surface area (TPSA) is 41.8 Å². The molecule has 1 atom stereocenters. The third kappa shape index (κ3) is 1.72. The van der Waals surface area contributed by atoms with Crippen molar-refractivity contribution < 1.29 is 0 Å². The quantitative estimate of drug-likeness (QED) is 0.826. The van der Waals surface area contributed by atoms with Crippen LogP contribution in [0.4, 0.5) is 0 Å². The van der Waals surface area contributed by atoms with Gasteiger partial charge in [0, 0.05) is 22.6 Å². The molecule has 3 N–H and O–H groups in total. The Hall–Kier alpha value is -0.990. The molecule has 1 aromatic carbocycles. The molecule has 0 saturated heterocycles. The van der Waals surface area contributed by atoms with Gasteiger partial charge in [-0.1, -0.05) is 18.2 Å². The highest BCUT2D eigenvalue weighted by Gasteiger charge is 2.31. The Morgan fingerprint density at radius 3 is 2.69 bits per heavy atom. The van der Waals surface area contributed by atoms with Crippen molar-refractivity contribution in [3.05, 3.63) is 35.5 Å². The lowest BCUT2D eigenvalue weighted by atomic mass is 10.00. The highest BCUT2D eigenvalue weighted by molar-refractivity contribution is 5.85. The van der Waals surface area contributed by atoms with Crippen LogP contribution in [-0.4, -0.2) is 4.98 Å². The molecule has 2 aromatic rings. The summed E-state index contributed by atoms with van der Waals surface area (Å²) in [6, 6.07) is 8.65. The van der Waals surface area contributed by atoms with E-state index in [4.69, 9.17) is 5.73 Å². The van der Waals surface area contributed by atoms with Crippen LogP contribution in [0.2, 0.25) is 0 Å². The van der Waals surface area contributed by atoms with Crippen LogP contribution in [0, 0.1) is 12.8 Å². The van der Waals surface area contributed by atoms with Gasteiger partial charge in [0.05, 0.1) is 0 Å². The zero-order valence-corrected chi connectivity index (χ0v) is 10.2. The number of nitrogens with one attached hydrogen (secondary N) is 1. The number of hydrogen-bond acceptors (Lipinski definition) is 1. The number of nitrogens with two attached hydrogens (primary N) is 1. The molecule has 3 rings (SSSR count). The SMILES string of the molecule is Cc1[nH]c2ccccc2c1[C@@H](N)C1CC1.Cl. The molecule has 1 aliphatic carbocycles. The average Bonchev–Trinajstić information content (AvgIpc) is 3.00. The van der Waals surface area contributed by atoms with Crippen molar-refractivity contribution in [2.45, 2.75) is 25.8 Å². The smallest absolute Gasteiger partial charge is 0.0459 e. The van der Waals surface area contributed by atoms with Gasteiger partial charge in [-0.25, -0.2) is 0 Å². The molecule has 0 spiro atoms. The van der Waals surface area contributed by atoms with Gasteiger partial charge in [0.2, 0.25) is 0 Å². The predicted molar refractivity (Wildman–Crippen MR) is 69.9 cm³/mol. The minimum atomic E-state index is 0. The predicted octanol–water partition coefficient (Wildman–Crippen LogP) is 3.31. The lowest BCUT2D eigenvalue weighted by Crippen LogP contribution is -2.12. The molecule has 1 aliphatic rings. The lowest BCUT2D eigenvalue weighted by molar-refractivity contribution is 0.634. The maximum atomic E-state index is 6.29. The molecular formula is C13H17ClN2. The van der Waals surface area contributed by atoms with Crippen molar-refractivity contribution >= 4 is 23.3 Å². The molecule has 0 aliphatic heterocycles. The van der Waals surface area contributed by atoms with Gasteiger partial charge in [0.1, 0.15) is 0 Å². The van der Waals surface area contributed by atoms with Crippen molar-refractivity contribution in [2.75, 3.05) is 0 Å². The fraction of sp³-hybridized carbons (Fsp3) is 0.385. The zero-order valence-electron chi connectivity index (χ0n) is 9.36. The van der Waals surface area contributed by atoms with E-state index in [1.54, 1.807) is 0 Å². The Morgan fingerprint density at radius 1 is 1.31 bits per heavy atom. The highest BCUT2D eigenvalue weighted by Crippen LogP contribution is 2.42. The van der Waals surface area contributed by atoms with Gasteiger partial charge in [0.25, 0.3) is 0 Å². The first-order valence-electron chi connectivity index (χ1n) is 5.60. The van der Waals surface area contributed by atoms with Gasteiger partial charge < -0.3 is 10.7 Å². The van der Waals surface area contributed by atoms with Gasteiger partial charge in [0.15, 0.2) is 0 Å². The van der Waals surface area contributed by atoms with Crippen LogP contribution in [0.3, 0.4) is 0 Å². The molecule has 0 amide bonds. The number of H-pyrrole nitrogens is 1. The Kier molecular flexibility index (Phi) is 2.96. The third-order valence-electron chi connectivity index (χ3n) is 3.41. The molecule has 16 heavy (non-hydrogen) atoms. The number of benzene rings is 1. The maximum absolute atomic E-state index is 6.29. The molecule has 2 nitrogen and oxygen atoms in total. The molecule has 0 unspecified atom stereocenters. The second-order valence-electron chi connectivity index (χ2n) is 4.57. The normalized spacial score (nSPS) is 17.1. The van der Waals surface area contributed by atoms with E-state index in [1.807, 2.05) is 0 Å². The molecule has 3 heteroatoms. The summed E-state index contributed by atoms with van der Waals surface area (Å²) in [6.07, 6.45) is 2.58. The maximum Gasteiger partial charge on any atom is 0.0459 e. The second-order valence-corrected chi connectivity index (χ2v) is 4.57. The van der Waals surface area contributed by atoms with Gasteiger partial charge in [-0.05, 0) is 37.3 Å². The third-order valence-corrected chi connectivity index (χ3v) is 3.41. The molecule has 1 heterocycles. The van der Waals surface area contributed by atoms with Crippen LogP contribution in [0.1, 0.15) is 30.1 Å². The Bertz CT molecular complexity index is 500. The molecule has 1 aromatic heterocycles. The first kappa shape index (κ1) is 11.5. The standard InChI is InChI=1S/C13H16N2.ClH/c1-8-12(13(14)9-6-7-9)10-4-2-3-5-11(10)15-8;/h2-5,9,13,15H,6-7,14H2,1H3;1H/t13-;/m0./s1. The van der Waals surface area contributed by atoms with Crippen LogP contribution in [0.25, 0.3) is 10.9 Å². The summed E-state index contributed by atoms with van der Waals surface area (Å²) in [5.74, 6) is 0.711. The summed E-state index contributed by atoms with van der Waals surface area (Å²) in [6.45, 7) is 2.12. The summed E-state index contributed by atoms with van der Waals surface area (Å²) in [7, 11) is 0. The van der Waals surface area contributed by atoms with Crippen molar-refractivity contribution in [3.8, 4) is 0 Å². The highest BCUT2D eigenvalue weighted by atomic mass is 35.5. The van der Waals surface area contributed by atoms with Crippen molar-refractivity contribution in [3.63, 3.8) is 0 Å². The fourth-order valence-corrected chi connectivity index (χ4v) is 2.42. The summed E-state index contributed by atoms with van der Waals surface area (Å²) in [4.78, 5) is 3.41. The van der Waals surface area contributed by atoms with E-state index in [9.17, 15) is 0 Å². The summed E-state index contributed by atoms with van der Waals surface area (Å²) in [5, 5.41) is 1.30. The van der Waals surface area contributed by atoms with Gasteiger partial charge in [-0.3, -0.25) is 0 Å². The van der Waals surface area contributed by atoms with E-state index in [2.05, 4.69) is 36.2 Å². The molecule has 0 radical (unpaired) electrons. The van der Waals surface area contributed by atoms with Crippen LogP contribution >= 0.6 is 12.4 Å². The minimum absolute atomic E-state index is 0. The monoisotopic (exact) mass is 236 g/mol. The fourth-order valence-electron chi connectivity index (χ4n) is 2.42. The molecule has 1 fully saturated rings. The van der Waals surface area contributed by atoms with E-state index >= 15 is 0 Å². The van der Waals surface area contributed by atoms with Crippen molar-refractivity contribution in [1.82, 2.24) is 4.98 Å². The van der Waals surface area contributed by atoms with E-state index in [0.717, 1.165) is 0 Å². The van der Waals surface area contributed by atoms with Crippen molar-refractivity contribution in [2.24, 2.45) is 11.7 Å². The number of aromatic amines is 1. The Labute approximate surface area is 102 Å². The number of halogens is 1. The number of para-hydroxylation sites is 1. The van der Waals surface area contributed by atoms with Crippen LogP contribution < -0.4 is 5.73 Å².